The van der Waals surface area contributed by atoms with Crippen molar-refractivity contribution in [3.05, 3.63) is 35.5 Å². The molecule has 29 heavy (non-hydrogen) atoms. The Morgan fingerprint density at radius 3 is 2.97 bits per heavy atom. The van der Waals surface area contributed by atoms with Crippen molar-refractivity contribution < 1.29 is 22.7 Å². The van der Waals surface area contributed by atoms with Gasteiger partial charge in [-0.25, -0.2) is 13.2 Å². The highest BCUT2D eigenvalue weighted by Gasteiger charge is 2.31. The largest absolute Gasteiger partial charge is 0.444 e. The number of amides is 1. The van der Waals surface area contributed by atoms with Gasteiger partial charge in [0.1, 0.15) is 12.2 Å². The molecule has 10 heteroatoms. The average molecular weight is 420 g/mol. The Hall–Kier alpha value is -2.59. The maximum atomic E-state index is 11.9. The number of rotatable bonds is 5. The summed E-state index contributed by atoms with van der Waals surface area (Å²) in [4.78, 5) is 12.1. The maximum absolute atomic E-state index is 11.9. The zero-order valence-corrected chi connectivity index (χ0v) is 17.1. The molecule has 0 spiro atoms. The first-order chi connectivity index (χ1) is 13.8. The Morgan fingerprint density at radius 1 is 1.34 bits per heavy atom. The van der Waals surface area contributed by atoms with E-state index in [1.54, 1.807) is 12.1 Å². The lowest BCUT2D eigenvalue weighted by atomic mass is 10.1. The highest BCUT2D eigenvalue weighted by molar-refractivity contribution is 7.91. The molecule has 4 rings (SSSR count). The van der Waals surface area contributed by atoms with Crippen LogP contribution in [0.1, 0.15) is 37.6 Å². The van der Waals surface area contributed by atoms with Gasteiger partial charge in [-0.15, -0.1) is 0 Å². The summed E-state index contributed by atoms with van der Waals surface area (Å²) >= 11 is 0. The first kappa shape index (κ1) is 19.7. The summed E-state index contributed by atoms with van der Waals surface area (Å²) in [6.45, 7) is 4.07. The second kappa shape index (κ2) is 7.68. The number of nitrogens with zero attached hydrogens (tertiary/aromatic N) is 1. The van der Waals surface area contributed by atoms with Gasteiger partial charge < -0.3 is 20.1 Å². The van der Waals surface area contributed by atoms with Gasteiger partial charge in [-0.3, -0.25) is 5.10 Å². The standard InChI is InChI=1S/C19H24N4O5S/c1-11(2)20-19(24)28-14-8-16(27-10-14)15-9-18(23-22-15)21-13-3-4-17-12(7-13)5-6-29(17,25)26/h3-4,7,9,11,14,16H,5-6,8,10H2,1-2H3,(H,20,24)(H2,21,22,23)/t14-,16?/m1/s1. The Kier molecular flexibility index (Phi) is 5.22. The lowest BCUT2D eigenvalue weighted by Crippen LogP contribution is -2.33. The predicted molar refractivity (Wildman–Crippen MR) is 106 cm³/mol. The van der Waals surface area contributed by atoms with E-state index in [1.165, 1.54) is 0 Å². The molecule has 2 aliphatic rings. The molecule has 2 aliphatic heterocycles. The van der Waals surface area contributed by atoms with Crippen LogP contribution in [0.3, 0.4) is 0 Å². The van der Waals surface area contributed by atoms with Crippen molar-refractivity contribution in [1.29, 1.82) is 0 Å². The third-order valence-electron chi connectivity index (χ3n) is 4.89. The van der Waals surface area contributed by atoms with Gasteiger partial charge >= 0.3 is 6.09 Å². The number of carbonyl (C=O) groups excluding carboxylic acids is 1. The number of hydrogen-bond donors (Lipinski definition) is 3. The van der Waals surface area contributed by atoms with Crippen LogP contribution in [0.4, 0.5) is 16.3 Å². The van der Waals surface area contributed by atoms with Crippen molar-refractivity contribution >= 4 is 27.4 Å². The van der Waals surface area contributed by atoms with Crippen molar-refractivity contribution in [2.75, 3.05) is 17.7 Å². The van der Waals surface area contributed by atoms with Crippen molar-refractivity contribution in [1.82, 2.24) is 15.5 Å². The molecule has 0 aliphatic carbocycles. The lowest BCUT2D eigenvalue weighted by Gasteiger charge is -2.13. The van der Waals surface area contributed by atoms with E-state index in [-0.39, 0.29) is 24.0 Å². The molecule has 1 amide bonds. The average Bonchev–Trinajstić information content (AvgIpc) is 3.34. The van der Waals surface area contributed by atoms with E-state index in [1.807, 2.05) is 26.0 Å². The molecule has 2 aromatic rings. The van der Waals surface area contributed by atoms with E-state index in [0.717, 1.165) is 16.9 Å². The third-order valence-corrected chi connectivity index (χ3v) is 6.70. The maximum Gasteiger partial charge on any atom is 0.407 e. The first-order valence-corrected chi connectivity index (χ1v) is 11.2. The molecule has 1 fully saturated rings. The molecule has 0 saturated carbocycles. The number of sulfone groups is 1. The number of aryl methyl sites for hydroxylation is 1. The van der Waals surface area contributed by atoms with Crippen LogP contribution in [0.5, 0.6) is 0 Å². The fourth-order valence-electron chi connectivity index (χ4n) is 3.54. The monoisotopic (exact) mass is 420 g/mol. The fraction of sp³-hybridized carbons (Fsp3) is 0.474. The van der Waals surface area contributed by atoms with Gasteiger partial charge in [0.25, 0.3) is 0 Å². The summed E-state index contributed by atoms with van der Waals surface area (Å²) in [6, 6.07) is 7.07. The molecule has 2 atom stereocenters. The van der Waals surface area contributed by atoms with Crippen molar-refractivity contribution in [3.8, 4) is 0 Å². The van der Waals surface area contributed by atoms with Gasteiger partial charge in [0, 0.05) is 24.2 Å². The van der Waals surface area contributed by atoms with E-state index < -0.39 is 15.9 Å². The number of ether oxygens (including phenoxy) is 2. The minimum atomic E-state index is -3.13. The fourth-order valence-corrected chi connectivity index (χ4v) is 5.09. The van der Waals surface area contributed by atoms with Crippen LogP contribution in [0.2, 0.25) is 0 Å². The summed E-state index contributed by atoms with van der Waals surface area (Å²) in [5.74, 6) is 0.766. The molecule has 9 nitrogen and oxygen atoms in total. The molecule has 0 radical (unpaired) electrons. The highest BCUT2D eigenvalue weighted by Crippen LogP contribution is 2.32. The molecular weight excluding hydrogens is 396 g/mol. The molecule has 0 bridgehead atoms. The third kappa shape index (κ3) is 4.38. The van der Waals surface area contributed by atoms with Gasteiger partial charge in [0.05, 0.1) is 22.9 Å². The SMILES string of the molecule is CC(C)NC(=O)O[C@H]1COC(c2cc(Nc3ccc4c(c3)CCS4(=O)=O)n[nH]2)C1. The van der Waals surface area contributed by atoms with E-state index in [2.05, 4.69) is 20.8 Å². The number of H-pyrrole nitrogens is 1. The summed E-state index contributed by atoms with van der Waals surface area (Å²) in [7, 11) is -3.13. The minimum Gasteiger partial charge on any atom is -0.444 e. The zero-order valence-electron chi connectivity index (χ0n) is 16.3. The molecule has 1 saturated heterocycles. The van der Waals surface area contributed by atoms with E-state index >= 15 is 0 Å². The minimum absolute atomic E-state index is 0.0150. The van der Waals surface area contributed by atoms with Gasteiger partial charge in [-0.1, -0.05) is 0 Å². The van der Waals surface area contributed by atoms with Crippen LogP contribution in [0.15, 0.2) is 29.2 Å². The summed E-state index contributed by atoms with van der Waals surface area (Å²) in [5.41, 5.74) is 2.38. The highest BCUT2D eigenvalue weighted by atomic mass is 32.2. The Labute approximate surface area is 169 Å². The second-order valence-electron chi connectivity index (χ2n) is 7.61. The Morgan fingerprint density at radius 2 is 2.17 bits per heavy atom. The van der Waals surface area contributed by atoms with Crippen molar-refractivity contribution in [2.45, 2.75) is 49.8 Å². The normalized spacial score (nSPS) is 22.4. The smallest absolute Gasteiger partial charge is 0.407 e. The molecular formula is C19H24N4O5S. The van der Waals surface area contributed by atoms with Crippen LogP contribution in [-0.2, 0) is 25.7 Å². The number of carbonyl (C=O) groups is 1. The molecule has 3 heterocycles. The Balaban J connectivity index is 1.37. The van der Waals surface area contributed by atoms with Crippen molar-refractivity contribution in [3.63, 3.8) is 0 Å². The number of aromatic nitrogens is 2. The van der Waals surface area contributed by atoms with Crippen LogP contribution in [-0.4, -0.2) is 49.2 Å². The van der Waals surface area contributed by atoms with Crippen molar-refractivity contribution in [2.24, 2.45) is 0 Å². The van der Waals surface area contributed by atoms with E-state index in [4.69, 9.17) is 9.47 Å². The summed E-state index contributed by atoms with van der Waals surface area (Å²) in [5, 5.41) is 13.1. The van der Waals surface area contributed by atoms with Crippen LogP contribution in [0.25, 0.3) is 0 Å². The zero-order chi connectivity index (χ0) is 20.6. The van der Waals surface area contributed by atoms with Gasteiger partial charge in [0.2, 0.25) is 0 Å². The summed E-state index contributed by atoms with van der Waals surface area (Å²) in [6.07, 6.45) is 0.0851. The number of aromatic amines is 1. The molecule has 1 aromatic heterocycles. The quantitative estimate of drug-likeness (QED) is 0.679. The number of hydrogen-bond acceptors (Lipinski definition) is 7. The predicted octanol–water partition coefficient (Wildman–Crippen LogP) is 2.45. The number of nitrogens with one attached hydrogen (secondary N) is 3. The first-order valence-electron chi connectivity index (χ1n) is 9.57. The number of anilines is 2. The van der Waals surface area contributed by atoms with Gasteiger partial charge in [0.15, 0.2) is 15.7 Å². The second-order valence-corrected chi connectivity index (χ2v) is 9.69. The topological polar surface area (TPSA) is 122 Å². The Bertz CT molecular complexity index is 1020. The van der Waals surface area contributed by atoms with Crippen LogP contribution >= 0.6 is 0 Å². The van der Waals surface area contributed by atoms with E-state index in [9.17, 15) is 13.2 Å². The van der Waals surface area contributed by atoms with Gasteiger partial charge in [-0.2, -0.15) is 5.10 Å². The lowest BCUT2D eigenvalue weighted by molar-refractivity contribution is 0.0682. The molecule has 3 N–H and O–H groups in total. The molecule has 1 aromatic carbocycles. The number of fused-ring (bicyclic) bond motifs is 1. The van der Waals surface area contributed by atoms with Gasteiger partial charge in [-0.05, 0) is 44.0 Å². The van der Waals surface area contributed by atoms with Crippen LogP contribution < -0.4 is 10.6 Å². The summed E-state index contributed by atoms with van der Waals surface area (Å²) < 4.78 is 35.0. The molecule has 156 valence electrons. The molecule has 1 unspecified atom stereocenters. The number of alkyl carbamates (subject to hydrolysis) is 1. The number of benzene rings is 1. The van der Waals surface area contributed by atoms with E-state index in [0.29, 0.717) is 30.2 Å². The van der Waals surface area contributed by atoms with Crippen LogP contribution in [0, 0.1) is 0 Å².